The highest BCUT2D eigenvalue weighted by atomic mass is 32.2. The van der Waals surface area contributed by atoms with Gasteiger partial charge >= 0.3 is 0 Å². The molecule has 3 aromatic rings. The largest absolute Gasteiger partial charge is 0.493 e. The highest BCUT2D eigenvalue weighted by molar-refractivity contribution is 7.99. The number of nitrogens with one attached hydrogen (secondary N) is 1. The summed E-state index contributed by atoms with van der Waals surface area (Å²) in [6, 6.07) is 13.6. The van der Waals surface area contributed by atoms with Crippen molar-refractivity contribution in [2.75, 3.05) is 17.7 Å². The van der Waals surface area contributed by atoms with Gasteiger partial charge in [0.15, 0.2) is 0 Å². The molecule has 0 saturated carbocycles. The van der Waals surface area contributed by atoms with Crippen molar-refractivity contribution in [1.82, 2.24) is 10.1 Å². The van der Waals surface area contributed by atoms with Crippen LogP contribution in [0.3, 0.4) is 0 Å². The summed E-state index contributed by atoms with van der Waals surface area (Å²) in [5, 5.41) is 6.98. The minimum absolute atomic E-state index is 0.0554. The van der Waals surface area contributed by atoms with E-state index < -0.39 is 0 Å². The Labute approximate surface area is 168 Å². The topological polar surface area (TPSA) is 77.2 Å². The number of nitrogens with zero attached hydrogens (tertiary/aromatic N) is 2. The van der Waals surface area contributed by atoms with Crippen LogP contribution in [-0.4, -0.2) is 28.4 Å². The average Bonchev–Trinajstić information content (AvgIpc) is 3.14. The Balaban J connectivity index is 1.55. The van der Waals surface area contributed by atoms with E-state index in [2.05, 4.69) is 15.5 Å². The molecule has 0 spiro atoms. The first-order valence-corrected chi connectivity index (χ1v) is 10.2. The van der Waals surface area contributed by atoms with E-state index in [0.29, 0.717) is 29.8 Å². The van der Waals surface area contributed by atoms with Crippen LogP contribution in [0.25, 0.3) is 11.4 Å². The van der Waals surface area contributed by atoms with Crippen LogP contribution in [0, 0.1) is 13.8 Å². The van der Waals surface area contributed by atoms with E-state index in [1.165, 1.54) is 11.8 Å². The van der Waals surface area contributed by atoms with Crippen molar-refractivity contribution in [2.45, 2.75) is 26.5 Å². The first-order chi connectivity index (χ1) is 13.6. The van der Waals surface area contributed by atoms with Gasteiger partial charge in [-0.1, -0.05) is 29.4 Å². The number of para-hydroxylation sites is 1. The van der Waals surface area contributed by atoms with Crippen molar-refractivity contribution in [3.05, 3.63) is 59.5 Å². The highest BCUT2D eigenvalue weighted by Crippen LogP contribution is 2.28. The summed E-state index contributed by atoms with van der Waals surface area (Å²) in [6.45, 7) is 6.47. The van der Waals surface area contributed by atoms with Crippen LogP contribution < -0.4 is 10.1 Å². The summed E-state index contributed by atoms with van der Waals surface area (Å²) in [6.07, 6.45) is 0. The van der Waals surface area contributed by atoms with E-state index in [9.17, 15) is 4.79 Å². The normalized spacial score (nSPS) is 10.7. The number of carbonyl (C=O) groups excluding carboxylic acids is 1. The molecule has 7 heteroatoms. The number of ether oxygens (including phenoxy) is 1. The van der Waals surface area contributed by atoms with Gasteiger partial charge in [0.25, 0.3) is 0 Å². The fraction of sp³-hybridized carbons (Fsp3) is 0.286. The third-order valence-corrected chi connectivity index (χ3v) is 4.94. The maximum absolute atomic E-state index is 12.2. The van der Waals surface area contributed by atoms with E-state index in [1.807, 2.05) is 63.2 Å². The van der Waals surface area contributed by atoms with Gasteiger partial charge in [-0.3, -0.25) is 4.79 Å². The van der Waals surface area contributed by atoms with Crippen LogP contribution in [-0.2, 0) is 10.5 Å². The summed E-state index contributed by atoms with van der Waals surface area (Å²) in [4.78, 5) is 16.6. The number of amides is 1. The van der Waals surface area contributed by atoms with Crippen LogP contribution in [0.2, 0.25) is 0 Å². The molecule has 0 saturated heterocycles. The number of aromatic nitrogens is 2. The van der Waals surface area contributed by atoms with E-state index >= 15 is 0 Å². The molecule has 1 heterocycles. The lowest BCUT2D eigenvalue weighted by molar-refractivity contribution is -0.113. The maximum atomic E-state index is 12.2. The Bertz CT molecular complexity index is 956. The molecule has 0 aliphatic rings. The second kappa shape index (κ2) is 9.41. The number of rotatable bonds is 8. The Kier molecular flexibility index (Phi) is 6.71. The lowest BCUT2D eigenvalue weighted by atomic mass is 10.1. The predicted molar refractivity (Wildman–Crippen MR) is 112 cm³/mol. The number of hydrogen-bond donors (Lipinski definition) is 1. The molecule has 1 amide bonds. The summed E-state index contributed by atoms with van der Waals surface area (Å²) >= 11 is 1.43. The van der Waals surface area contributed by atoms with Crippen molar-refractivity contribution in [3.63, 3.8) is 0 Å². The van der Waals surface area contributed by atoms with Crippen LogP contribution >= 0.6 is 11.8 Å². The van der Waals surface area contributed by atoms with Crippen LogP contribution in [0.15, 0.2) is 47.0 Å². The lowest BCUT2D eigenvalue weighted by Crippen LogP contribution is -2.15. The number of thioether (sulfide) groups is 1. The van der Waals surface area contributed by atoms with Gasteiger partial charge in [0.1, 0.15) is 5.75 Å². The zero-order chi connectivity index (χ0) is 19.9. The fourth-order valence-electron chi connectivity index (χ4n) is 2.64. The Morgan fingerprint density at radius 1 is 1.21 bits per heavy atom. The molecule has 6 nitrogen and oxygen atoms in total. The van der Waals surface area contributed by atoms with Gasteiger partial charge in [-0.25, -0.2) is 0 Å². The standard InChI is InChI=1S/C21H23N3O3S/c1-4-26-18-8-6-5-7-16(18)21-23-20(27-24-21)13-28-12-19(25)22-17-11-14(2)9-10-15(17)3/h5-11H,4,12-13H2,1-3H3,(H,22,25). The molecular weight excluding hydrogens is 374 g/mol. The summed E-state index contributed by atoms with van der Waals surface area (Å²) in [7, 11) is 0. The minimum atomic E-state index is -0.0554. The van der Waals surface area contributed by atoms with Gasteiger partial charge in [0, 0.05) is 5.69 Å². The zero-order valence-electron chi connectivity index (χ0n) is 16.2. The highest BCUT2D eigenvalue weighted by Gasteiger charge is 2.14. The Morgan fingerprint density at radius 2 is 2.04 bits per heavy atom. The molecule has 28 heavy (non-hydrogen) atoms. The van der Waals surface area contributed by atoms with Gasteiger partial charge in [-0.15, -0.1) is 11.8 Å². The first kappa shape index (κ1) is 19.9. The zero-order valence-corrected chi connectivity index (χ0v) is 17.0. The number of aryl methyl sites for hydroxylation is 2. The molecule has 146 valence electrons. The Morgan fingerprint density at radius 3 is 2.86 bits per heavy atom. The smallest absolute Gasteiger partial charge is 0.236 e. The summed E-state index contributed by atoms with van der Waals surface area (Å²) in [5.74, 6) is 2.40. The van der Waals surface area contributed by atoms with Crippen molar-refractivity contribution in [1.29, 1.82) is 0 Å². The molecule has 1 aromatic heterocycles. The molecular formula is C21H23N3O3S. The molecule has 1 N–H and O–H groups in total. The van der Waals surface area contributed by atoms with Gasteiger partial charge in [0.05, 0.1) is 23.7 Å². The van der Waals surface area contributed by atoms with Gasteiger partial charge in [-0.05, 0) is 50.1 Å². The second-order valence-corrected chi connectivity index (χ2v) is 7.29. The number of hydrogen-bond acceptors (Lipinski definition) is 6. The van der Waals surface area contributed by atoms with Crippen molar-refractivity contribution < 1.29 is 14.1 Å². The number of carbonyl (C=O) groups is 1. The van der Waals surface area contributed by atoms with Gasteiger partial charge in [0.2, 0.25) is 17.6 Å². The summed E-state index contributed by atoms with van der Waals surface area (Å²) < 4.78 is 10.9. The molecule has 3 rings (SSSR count). The number of anilines is 1. The quantitative estimate of drug-likeness (QED) is 0.597. The molecule has 0 unspecified atom stereocenters. The maximum Gasteiger partial charge on any atom is 0.236 e. The second-order valence-electron chi connectivity index (χ2n) is 6.30. The fourth-order valence-corrected chi connectivity index (χ4v) is 3.29. The molecule has 0 aliphatic carbocycles. The van der Waals surface area contributed by atoms with Crippen molar-refractivity contribution >= 4 is 23.4 Å². The molecule has 0 fully saturated rings. The van der Waals surface area contributed by atoms with E-state index in [-0.39, 0.29) is 5.91 Å². The lowest BCUT2D eigenvalue weighted by Gasteiger charge is -2.08. The SMILES string of the molecule is CCOc1ccccc1-c1noc(CSCC(=O)Nc2cc(C)ccc2C)n1. The van der Waals surface area contributed by atoms with Crippen LogP contribution in [0.5, 0.6) is 5.75 Å². The molecule has 0 aliphatic heterocycles. The summed E-state index contributed by atoms with van der Waals surface area (Å²) in [5.41, 5.74) is 3.79. The predicted octanol–water partition coefficient (Wildman–Crippen LogP) is 4.62. The Hall–Kier alpha value is -2.80. The average molecular weight is 398 g/mol. The van der Waals surface area contributed by atoms with Gasteiger partial charge < -0.3 is 14.6 Å². The van der Waals surface area contributed by atoms with Gasteiger partial charge in [-0.2, -0.15) is 4.98 Å². The molecule has 0 radical (unpaired) electrons. The molecule has 0 bridgehead atoms. The van der Waals surface area contributed by atoms with E-state index in [0.717, 1.165) is 28.1 Å². The minimum Gasteiger partial charge on any atom is -0.493 e. The monoisotopic (exact) mass is 397 g/mol. The van der Waals surface area contributed by atoms with Crippen molar-refractivity contribution in [3.8, 4) is 17.1 Å². The van der Waals surface area contributed by atoms with E-state index in [4.69, 9.17) is 9.26 Å². The number of benzene rings is 2. The van der Waals surface area contributed by atoms with Crippen LogP contribution in [0.4, 0.5) is 5.69 Å². The van der Waals surface area contributed by atoms with E-state index in [1.54, 1.807) is 0 Å². The van der Waals surface area contributed by atoms with Crippen LogP contribution in [0.1, 0.15) is 23.9 Å². The van der Waals surface area contributed by atoms with Crippen molar-refractivity contribution in [2.24, 2.45) is 0 Å². The third kappa shape index (κ3) is 5.13. The first-order valence-electron chi connectivity index (χ1n) is 9.06. The molecule has 2 aromatic carbocycles. The third-order valence-electron chi connectivity index (χ3n) is 4.02. The molecule has 0 atom stereocenters.